The number of ether oxygens (including phenoxy) is 2. The molecular weight excluding hydrogens is 248 g/mol. The molecule has 0 bridgehead atoms. The summed E-state index contributed by atoms with van der Waals surface area (Å²) in [4.78, 5) is 1.06. The summed E-state index contributed by atoms with van der Waals surface area (Å²) in [5.41, 5.74) is 6.98. The molecule has 1 aromatic carbocycles. The van der Waals surface area contributed by atoms with Gasteiger partial charge in [-0.2, -0.15) is 0 Å². The van der Waals surface area contributed by atoms with E-state index in [1.54, 1.807) is 26.0 Å². The highest BCUT2D eigenvalue weighted by atomic mass is 32.2. The summed E-state index contributed by atoms with van der Waals surface area (Å²) in [7, 11) is 3.35. The van der Waals surface area contributed by atoms with Gasteiger partial charge in [-0.05, 0) is 25.2 Å². The number of methoxy groups -OCH3 is 2. The molecule has 5 heteroatoms. The Balaban J connectivity index is 2.20. The Kier molecular flexibility index (Phi) is 3.92. The zero-order valence-electron chi connectivity index (χ0n) is 11.1. The third-order valence-electron chi connectivity index (χ3n) is 3.23. The predicted octanol–water partition coefficient (Wildman–Crippen LogP) is 2.33. The molecule has 0 atom stereocenters. The van der Waals surface area contributed by atoms with Crippen LogP contribution in [0.25, 0.3) is 0 Å². The lowest BCUT2D eigenvalue weighted by atomic mass is 10.2. The fraction of sp³-hybridized carbons (Fsp3) is 0.538. The SMILES string of the molecule is COc1cc(SC)c(OC)cc1NCC1(N)CC1. The van der Waals surface area contributed by atoms with Gasteiger partial charge >= 0.3 is 0 Å². The average molecular weight is 268 g/mol. The van der Waals surface area contributed by atoms with E-state index in [1.807, 2.05) is 18.4 Å². The van der Waals surface area contributed by atoms with Gasteiger partial charge in [-0.1, -0.05) is 0 Å². The number of hydrogen-bond acceptors (Lipinski definition) is 5. The first-order chi connectivity index (χ1) is 8.61. The maximum absolute atomic E-state index is 6.07. The van der Waals surface area contributed by atoms with Gasteiger partial charge < -0.3 is 20.5 Å². The van der Waals surface area contributed by atoms with Crippen molar-refractivity contribution in [2.24, 2.45) is 5.73 Å². The molecule has 3 N–H and O–H groups in total. The van der Waals surface area contributed by atoms with Crippen LogP contribution in [-0.2, 0) is 0 Å². The van der Waals surface area contributed by atoms with Crippen LogP contribution in [0.5, 0.6) is 11.5 Å². The summed E-state index contributed by atoms with van der Waals surface area (Å²) in [5.74, 6) is 1.68. The summed E-state index contributed by atoms with van der Waals surface area (Å²) < 4.78 is 10.8. The van der Waals surface area contributed by atoms with E-state index in [4.69, 9.17) is 15.2 Å². The lowest BCUT2D eigenvalue weighted by molar-refractivity contribution is 0.395. The molecule has 0 saturated heterocycles. The zero-order valence-corrected chi connectivity index (χ0v) is 11.9. The van der Waals surface area contributed by atoms with E-state index in [0.717, 1.165) is 41.5 Å². The van der Waals surface area contributed by atoms with Crippen molar-refractivity contribution in [2.75, 3.05) is 32.3 Å². The normalized spacial score (nSPS) is 16.2. The second-order valence-electron chi connectivity index (χ2n) is 4.62. The lowest BCUT2D eigenvalue weighted by Gasteiger charge is -2.17. The second-order valence-corrected chi connectivity index (χ2v) is 5.47. The van der Waals surface area contributed by atoms with Crippen molar-refractivity contribution in [3.8, 4) is 11.5 Å². The van der Waals surface area contributed by atoms with Crippen LogP contribution in [0.4, 0.5) is 5.69 Å². The molecule has 1 aliphatic carbocycles. The summed E-state index contributed by atoms with van der Waals surface area (Å²) in [6.45, 7) is 0.769. The Morgan fingerprint density at radius 2 is 1.94 bits per heavy atom. The van der Waals surface area contributed by atoms with Gasteiger partial charge in [0, 0.05) is 18.2 Å². The van der Waals surface area contributed by atoms with Crippen molar-refractivity contribution in [1.82, 2.24) is 0 Å². The summed E-state index contributed by atoms with van der Waals surface area (Å²) in [5, 5.41) is 3.35. The minimum absolute atomic E-state index is 0.0313. The molecule has 0 aliphatic heterocycles. The number of thioether (sulfide) groups is 1. The molecular formula is C13H20N2O2S. The molecule has 1 saturated carbocycles. The van der Waals surface area contributed by atoms with Crippen molar-refractivity contribution in [1.29, 1.82) is 0 Å². The van der Waals surface area contributed by atoms with Gasteiger partial charge in [0.15, 0.2) is 0 Å². The zero-order chi connectivity index (χ0) is 13.2. The molecule has 0 heterocycles. The Morgan fingerprint density at radius 3 is 2.44 bits per heavy atom. The van der Waals surface area contributed by atoms with Crippen LogP contribution in [0.3, 0.4) is 0 Å². The van der Waals surface area contributed by atoms with Crippen LogP contribution in [0.15, 0.2) is 17.0 Å². The van der Waals surface area contributed by atoms with E-state index in [9.17, 15) is 0 Å². The van der Waals surface area contributed by atoms with Gasteiger partial charge in [0.05, 0.1) is 24.8 Å². The molecule has 0 unspecified atom stereocenters. The van der Waals surface area contributed by atoms with E-state index in [0.29, 0.717) is 0 Å². The predicted molar refractivity (Wildman–Crippen MR) is 76.0 cm³/mol. The molecule has 1 aromatic rings. The Bertz CT molecular complexity index is 433. The minimum Gasteiger partial charge on any atom is -0.496 e. The minimum atomic E-state index is -0.0313. The van der Waals surface area contributed by atoms with Crippen molar-refractivity contribution in [3.63, 3.8) is 0 Å². The maximum atomic E-state index is 6.07. The lowest BCUT2D eigenvalue weighted by Crippen LogP contribution is -2.31. The first kappa shape index (κ1) is 13.4. The topological polar surface area (TPSA) is 56.5 Å². The van der Waals surface area contributed by atoms with Crippen molar-refractivity contribution < 1.29 is 9.47 Å². The number of nitrogens with two attached hydrogens (primary N) is 1. The molecule has 0 radical (unpaired) electrons. The standard InChI is InChI=1S/C13H20N2O2S/c1-16-10-7-12(18-3)11(17-2)6-9(10)15-8-13(14)4-5-13/h6-7,15H,4-5,8,14H2,1-3H3. The average Bonchev–Trinajstić information content (AvgIpc) is 3.13. The molecule has 0 spiro atoms. The third-order valence-corrected chi connectivity index (χ3v) is 3.99. The van der Waals surface area contributed by atoms with Gasteiger partial charge in [0.2, 0.25) is 0 Å². The van der Waals surface area contributed by atoms with Gasteiger partial charge in [0.25, 0.3) is 0 Å². The maximum Gasteiger partial charge on any atom is 0.143 e. The molecule has 4 nitrogen and oxygen atoms in total. The molecule has 2 rings (SSSR count). The molecule has 1 fully saturated rings. The van der Waals surface area contributed by atoms with Crippen LogP contribution in [0, 0.1) is 0 Å². The first-order valence-electron chi connectivity index (χ1n) is 5.94. The van der Waals surface area contributed by atoms with Gasteiger partial charge in [0.1, 0.15) is 11.5 Å². The first-order valence-corrected chi connectivity index (χ1v) is 7.17. The fourth-order valence-corrected chi connectivity index (χ4v) is 2.34. The van der Waals surface area contributed by atoms with Crippen LogP contribution < -0.4 is 20.5 Å². The van der Waals surface area contributed by atoms with Gasteiger partial charge in [-0.3, -0.25) is 0 Å². The van der Waals surface area contributed by atoms with E-state index >= 15 is 0 Å². The molecule has 0 aromatic heterocycles. The summed E-state index contributed by atoms with van der Waals surface area (Å²) in [6, 6.07) is 3.96. The molecule has 1 aliphatic rings. The fourth-order valence-electron chi connectivity index (χ4n) is 1.78. The van der Waals surface area contributed by atoms with E-state index < -0.39 is 0 Å². The Morgan fingerprint density at radius 1 is 1.28 bits per heavy atom. The van der Waals surface area contributed by atoms with E-state index in [2.05, 4.69) is 5.32 Å². The molecule has 0 amide bonds. The number of nitrogens with one attached hydrogen (secondary N) is 1. The quantitative estimate of drug-likeness (QED) is 0.776. The number of hydrogen-bond donors (Lipinski definition) is 2. The smallest absolute Gasteiger partial charge is 0.143 e. The largest absolute Gasteiger partial charge is 0.496 e. The van der Waals surface area contributed by atoms with Crippen molar-refractivity contribution in [3.05, 3.63) is 12.1 Å². The highest BCUT2D eigenvalue weighted by molar-refractivity contribution is 7.98. The number of anilines is 1. The third kappa shape index (κ3) is 2.84. The van der Waals surface area contributed by atoms with E-state index in [-0.39, 0.29) is 5.54 Å². The van der Waals surface area contributed by atoms with Crippen LogP contribution >= 0.6 is 11.8 Å². The number of rotatable bonds is 6. The summed E-state index contributed by atoms with van der Waals surface area (Å²) in [6.07, 6.45) is 4.19. The van der Waals surface area contributed by atoms with Crippen LogP contribution in [-0.4, -0.2) is 32.6 Å². The second kappa shape index (κ2) is 5.28. The number of benzene rings is 1. The van der Waals surface area contributed by atoms with Crippen molar-refractivity contribution in [2.45, 2.75) is 23.3 Å². The van der Waals surface area contributed by atoms with Crippen LogP contribution in [0.2, 0.25) is 0 Å². The monoisotopic (exact) mass is 268 g/mol. The van der Waals surface area contributed by atoms with E-state index in [1.165, 1.54) is 0 Å². The Hall–Kier alpha value is -1.07. The van der Waals surface area contributed by atoms with Gasteiger partial charge in [-0.25, -0.2) is 0 Å². The Labute approximate surface area is 112 Å². The molecule has 18 heavy (non-hydrogen) atoms. The molecule has 100 valence electrons. The van der Waals surface area contributed by atoms with Gasteiger partial charge in [-0.15, -0.1) is 11.8 Å². The van der Waals surface area contributed by atoms with Crippen LogP contribution in [0.1, 0.15) is 12.8 Å². The highest BCUT2D eigenvalue weighted by Crippen LogP contribution is 2.39. The summed E-state index contributed by atoms with van der Waals surface area (Å²) >= 11 is 1.64. The highest BCUT2D eigenvalue weighted by Gasteiger charge is 2.37. The van der Waals surface area contributed by atoms with Crippen molar-refractivity contribution >= 4 is 17.4 Å².